The summed E-state index contributed by atoms with van der Waals surface area (Å²) in [5, 5.41) is 3.56. The van der Waals surface area contributed by atoms with Gasteiger partial charge in [0.05, 0.1) is 10.8 Å². The van der Waals surface area contributed by atoms with E-state index in [0.29, 0.717) is 6.04 Å². The molecule has 17 heavy (non-hydrogen) atoms. The van der Waals surface area contributed by atoms with E-state index in [-0.39, 0.29) is 0 Å². The monoisotopic (exact) mass is 251 g/mol. The SMILES string of the molecule is CCCNC1CCS(=O)c2cc(C)c(C)cc21. The number of aryl methyl sites for hydroxylation is 2. The quantitative estimate of drug-likeness (QED) is 0.895. The smallest absolute Gasteiger partial charge is 0.0533 e. The van der Waals surface area contributed by atoms with Crippen molar-refractivity contribution in [2.45, 2.75) is 44.6 Å². The van der Waals surface area contributed by atoms with Crippen molar-refractivity contribution < 1.29 is 4.21 Å². The van der Waals surface area contributed by atoms with Crippen LogP contribution in [0.25, 0.3) is 0 Å². The van der Waals surface area contributed by atoms with E-state index in [1.54, 1.807) is 0 Å². The molecule has 0 bridgehead atoms. The molecule has 1 heterocycles. The van der Waals surface area contributed by atoms with Crippen LogP contribution in [0.1, 0.15) is 42.5 Å². The Morgan fingerprint density at radius 1 is 1.35 bits per heavy atom. The van der Waals surface area contributed by atoms with E-state index in [1.165, 1.54) is 16.7 Å². The van der Waals surface area contributed by atoms with E-state index >= 15 is 0 Å². The second-order valence-corrected chi connectivity index (χ2v) is 6.36. The first-order valence-corrected chi connectivity index (χ1v) is 7.68. The lowest BCUT2D eigenvalue weighted by atomic mass is 9.98. The number of hydrogen-bond acceptors (Lipinski definition) is 2. The van der Waals surface area contributed by atoms with Gasteiger partial charge in [-0.2, -0.15) is 0 Å². The molecule has 94 valence electrons. The average molecular weight is 251 g/mol. The van der Waals surface area contributed by atoms with E-state index in [2.05, 4.69) is 38.2 Å². The normalized spacial score (nSPS) is 23.5. The number of hydrogen-bond donors (Lipinski definition) is 1. The van der Waals surface area contributed by atoms with Gasteiger partial charge in [-0.25, -0.2) is 0 Å². The van der Waals surface area contributed by atoms with Gasteiger partial charge in [-0.3, -0.25) is 4.21 Å². The van der Waals surface area contributed by atoms with E-state index in [4.69, 9.17) is 0 Å². The van der Waals surface area contributed by atoms with Crippen LogP contribution in [-0.2, 0) is 10.8 Å². The predicted octanol–water partition coefficient (Wildman–Crippen LogP) is 2.86. The summed E-state index contributed by atoms with van der Waals surface area (Å²) in [6.07, 6.45) is 2.13. The fourth-order valence-corrected chi connectivity index (χ4v) is 3.74. The third kappa shape index (κ3) is 2.61. The van der Waals surface area contributed by atoms with Gasteiger partial charge in [0.15, 0.2) is 0 Å². The lowest BCUT2D eigenvalue weighted by Crippen LogP contribution is -2.28. The van der Waals surface area contributed by atoms with Crippen molar-refractivity contribution in [1.29, 1.82) is 0 Å². The van der Waals surface area contributed by atoms with E-state index in [1.807, 2.05) is 0 Å². The Morgan fingerprint density at radius 2 is 2.06 bits per heavy atom. The molecule has 0 saturated heterocycles. The topological polar surface area (TPSA) is 29.1 Å². The van der Waals surface area contributed by atoms with Crippen LogP contribution in [-0.4, -0.2) is 16.5 Å². The van der Waals surface area contributed by atoms with Gasteiger partial charge in [-0.05, 0) is 56.0 Å². The molecule has 1 N–H and O–H groups in total. The molecule has 1 aliphatic heterocycles. The fourth-order valence-electron chi connectivity index (χ4n) is 2.30. The Kier molecular flexibility index (Phi) is 4.00. The standard InChI is InChI=1S/C14H21NOS/c1-4-6-15-13-5-7-17(16)14-9-11(3)10(2)8-12(13)14/h8-9,13,15H,4-7H2,1-3H3. The second kappa shape index (κ2) is 5.32. The van der Waals surface area contributed by atoms with Crippen molar-refractivity contribution in [3.8, 4) is 0 Å². The van der Waals surface area contributed by atoms with Gasteiger partial charge >= 0.3 is 0 Å². The van der Waals surface area contributed by atoms with Gasteiger partial charge in [-0.15, -0.1) is 0 Å². The molecule has 0 amide bonds. The summed E-state index contributed by atoms with van der Waals surface area (Å²) in [5.74, 6) is 0.789. The van der Waals surface area contributed by atoms with Crippen molar-refractivity contribution in [2.24, 2.45) is 0 Å². The highest BCUT2D eigenvalue weighted by molar-refractivity contribution is 7.85. The maximum atomic E-state index is 12.1. The molecule has 2 atom stereocenters. The van der Waals surface area contributed by atoms with Crippen molar-refractivity contribution >= 4 is 10.8 Å². The van der Waals surface area contributed by atoms with Crippen LogP contribution < -0.4 is 5.32 Å². The number of fused-ring (bicyclic) bond motifs is 1. The molecule has 0 radical (unpaired) electrons. The molecule has 0 fully saturated rings. The minimum Gasteiger partial charge on any atom is -0.310 e. The Morgan fingerprint density at radius 3 is 2.76 bits per heavy atom. The Hall–Kier alpha value is -0.670. The maximum Gasteiger partial charge on any atom is 0.0533 e. The van der Waals surface area contributed by atoms with Gasteiger partial charge < -0.3 is 5.32 Å². The van der Waals surface area contributed by atoms with Crippen LogP contribution >= 0.6 is 0 Å². The molecule has 0 aromatic heterocycles. The van der Waals surface area contributed by atoms with Crippen molar-refractivity contribution in [1.82, 2.24) is 5.32 Å². The average Bonchev–Trinajstić information content (AvgIpc) is 2.31. The van der Waals surface area contributed by atoms with Gasteiger partial charge in [0, 0.05) is 16.7 Å². The zero-order chi connectivity index (χ0) is 12.4. The highest BCUT2D eigenvalue weighted by Crippen LogP contribution is 2.32. The summed E-state index contributed by atoms with van der Waals surface area (Å²) >= 11 is 0. The van der Waals surface area contributed by atoms with Gasteiger partial charge in [0.1, 0.15) is 0 Å². The Bertz CT molecular complexity index is 442. The highest BCUT2D eigenvalue weighted by atomic mass is 32.2. The molecule has 3 heteroatoms. The largest absolute Gasteiger partial charge is 0.310 e. The third-order valence-corrected chi connectivity index (χ3v) is 4.93. The molecule has 2 rings (SSSR count). The zero-order valence-electron chi connectivity index (χ0n) is 10.9. The highest BCUT2D eigenvalue weighted by Gasteiger charge is 2.24. The number of rotatable bonds is 3. The van der Waals surface area contributed by atoms with E-state index in [0.717, 1.165) is 30.0 Å². The molecule has 2 unspecified atom stereocenters. The third-order valence-electron chi connectivity index (χ3n) is 3.48. The maximum absolute atomic E-state index is 12.1. The molecular formula is C14H21NOS. The van der Waals surface area contributed by atoms with Gasteiger partial charge in [0.2, 0.25) is 0 Å². The molecular weight excluding hydrogens is 230 g/mol. The summed E-state index contributed by atoms with van der Waals surface area (Å²) < 4.78 is 12.1. The molecule has 2 nitrogen and oxygen atoms in total. The lowest BCUT2D eigenvalue weighted by Gasteiger charge is -2.27. The second-order valence-electron chi connectivity index (χ2n) is 4.82. The molecule has 0 saturated carbocycles. The van der Waals surface area contributed by atoms with Crippen molar-refractivity contribution in [2.75, 3.05) is 12.3 Å². The van der Waals surface area contributed by atoms with E-state index < -0.39 is 10.8 Å². The zero-order valence-corrected chi connectivity index (χ0v) is 11.7. The first kappa shape index (κ1) is 12.8. The van der Waals surface area contributed by atoms with Crippen LogP contribution in [0.4, 0.5) is 0 Å². The summed E-state index contributed by atoms with van der Waals surface area (Å²) in [5.41, 5.74) is 3.80. The first-order chi connectivity index (χ1) is 8.13. The van der Waals surface area contributed by atoms with Crippen LogP contribution in [0, 0.1) is 13.8 Å². The lowest BCUT2D eigenvalue weighted by molar-refractivity contribution is 0.503. The van der Waals surface area contributed by atoms with E-state index in [9.17, 15) is 4.21 Å². The summed E-state index contributed by atoms with van der Waals surface area (Å²) in [7, 11) is -0.800. The minimum atomic E-state index is -0.800. The first-order valence-electron chi connectivity index (χ1n) is 6.36. The fraction of sp³-hybridized carbons (Fsp3) is 0.571. The van der Waals surface area contributed by atoms with Gasteiger partial charge in [0.25, 0.3) is 0 Å². The van der Waals surface area contributed by atoms with Crippen molar-refractivity contribution in [3.63, 3.8) is 0 Å². The predicted molar refractivity (Wildman–Crippen MR) is 72.8 cm³/mol. The summed E-state index contributed by atoms with van der Waals surface area (Å²) in [4.78, 5) is 1.05. The molecule has 0 spiro atoms. The molecule has 1 aromatic rings. The number of benzene rings is 1. The Balaban J connectivity index is 2.37. The summed E-state index contributed by atoms with van der Waals surface area (Å²) in [6, 6.07) is 4.72. The van der Waals surface area contributed by atoms with Gasteiger partial charge in [-0.1, -0.05) is 13.0 Å². The van der Waals surface area contributed by atoms with Crippen LogP contribution in [0.15, 0.2) is 17.0 Å². The molecule has 1 aromatic carbocycles. The minimum absolute atomic E-state index is 0.391. The molecule has 1 aliphatic rings. The Labute approximate surface area is 106 Å². The number of nitrogens with one attached hydrogen (secondary N) is 1. The van der Waals surface area contributed by atoms with Crippen molar-refractivity contribution in [3.05, 3.63) is 28.8 Å². The van der Waals surface area contributed by atoms with Crippen LogP contribution in [0.5, 0.6) is 0 Å². The van der Waals surface area contributed by atoms with Crippen LogP contribution in [0.2, 0.25) is 0 Å². The molecule has 0 aliphatic carbocycles. The summed E-state index contributed by atoms with van der Waals surface area (Å²) in [6.45, 7) is 7.43. The van der Waals surface area contributed by atoms with Crippen LogP contribution in [0.3, 0.4) is 0 Å².